The standard InChI is InChI=1S/C22H27ClN4O3S/c1-4-26-9-11-27(12-10-26)18-7-6-16(14-17(18)23)24-22(31)25-21(28)15-5-8-19(29-2)20(13-15)30-3/h5-8,13-14H,4,9-12H2,1-3H3,(H2,24,25,28,31). The quantitative estimate of drug-likeness (QED) is 0.635. The van der Waals surface area contributed by atoms with Gasteiger partial charge in [0.2, 0.25) is 0 Å². The van der Waals surface area contributed by atoms with Crippen LogP contribution in [0.5, 0.6) is 11.5 Å². The SMILES string of the molecule is CCN1CCN(c2ccc(NC(=S)NC(=O)c3ccc(OC)c(OC)c3)cc2Cl)CC1. The molecule has 1 aliphatic rings. The van der Waals surface area contributed by atoms with E-state index < -0.39 is 0 Å². The Morgan fingerprint density at radius 3 is 2.39 bits per heavy atom. The topological polar surface area (TPSA) is 66.1 Å². The van der Waals surface area contributed by atoms with E-state index in [1.165, 1.54) is 14.2 Å². The van der Waals surface area contributed by atoms with Crippen molar-refractivity contribution in [1.82, 2.24) is 10.2 Å². The number of halogens is 1. The Morgan fingerprint density at radius 1 is 1.06 bits per heavy atom. The fraction of sp³-hybridized carbons (Fsp3) is 0.364. The summed E-state index contributed by atoms with van der Waals surface area (Å²) in [6.45, 7) is 7.19. The van der Waals surface area contributed by atoms with E-state index in [1.54, 1.807) is 18.2 Å². The maximum absolute atomic E-state index is 12.5. The zero-order chi connectivity index (χ0) is 22.4. The Labute approximate surface area is 193 Å². The molecule has 31 heavy (non-hydrogen) atoms. The van der Waals surface area contributed by atoms with Crippen LogP contribution in [0, 0.1) is 0 Å². The van der Waals surface area contributed by atoms with Crippen LogP contribution in [0.4, 0.5) is 11.4 Å². The van der Waals surface area contributed by atoms with Gasteiger partial charge in [-0.2, -0.15) is 0 Å². The van der Waals surface area contributed by atoms with Gasteiger partial charge < -0.3 is 24.6 Å². The van der Waals surface area contributed by atoms with E-state index in [2.05, 4.69) is 27.4 Å². The molecule has 7 nitrogen and oxygen atoms in total. The number of methoxy groups -OCH3 is 2. The van der Waals surface area contributed by atoms with Gasteiger partial charge in [0.1, 0.15) is 0 Å². The van der Waals surface area contributed by atoms with Crippen LogP contribution >= 0.6 is 23.8 Å². The highest BCUT2D eigenvalue weighted by Gasteiger charge is 2.18. The van der Waals surface area contributed by atoms with Crippen LogP contribution < -0.4 is 25.0 Å². The number of hydrogen-bond donors (Lipinski definition) is 2. The Kier molecular flexibility index (Phi) is 7.95. The fourth-order valence-electron chi connectivity index (χ4n) is 3.46. The van der Waals surface area contributed by atoms with E-state index in [9.17, 15) is 4.79 Å². The molecule has 0 aromatic heterocycles. The maximum Gasteiger partial charge on any atom is 0.257 e. The van der Waals surface area contributed by atoms with Crippen LogP contribution in [-0.2, 0) is 0 Å². The summed E-state index contributed by atoms with van der Waals surface area (Å²) in [6, 6.07) is 10.6. The molecule has 0 unspecified atom stereocenters. The number of rotatable bonds is 6. The molecule has 0 bridgehead atoms. The van der Waals surface area contributed by atoms with E-state index in [0.29, 0.717) is 27.8 Å². The molecule has 2 aromatic rings. The first-order chi connectivity index (χ1) is 14.9. The second kappa shape index (κ2) is 10.7. The summed E-state index contributed by atoms with van der Waals surface area (Å²) in [4.78, 5) is 17.2. The van der Waals surface area contributed by atoms with Crippen molar-refractivity contribution in [2.75, 3.05) is 57.2 Å². The predicted molar refractivity (Wildman–Crippen MR) is 129 cm³/mol. The number of amides is 1. The summed E-state index contributed by atoms with van der Waals surface area (Å²) in [6.07, 6.45) is 0. The van der Waals surface area contributed by atoms with Gasteiger partial charge in [-0.05, 0) is 55.2 Å². The molecule has 2 N–H and O–H groups in total. The van der Waals surface area contributed by atoms with Crippen molar-refractivity contribution < 1.29 is 14.3 Å². The molecular weight excluding hydrogens is 436 g/mol. The Hall–Kier alpha value is -2.55. The number of nitrogens with zero attached hydrogens (tertiary/aromatic N) is 2. The predicted octanol–water partition coefficient (Wildman–Crippen LogP) is 3.63. The third kappa shape index (κ3) is 5.78. The lowest BCUT2D eigenvalue weighted by atomic mass is 10.2. The smallest absolute Gasteiger partial charge is 0.257 e. The maximum atomic E-state index is 12.5. The van der Waals surface area contributed by atoms with Gasteiger partial charge in [-0.25, -0.2) is 0 Å². The number of benzene rings is 2. The third-order valence-electron chi connectivity index (χ3n) is 5.24. The minimum atomic E-state index is -0.352. The lowest BCUT2D eigenvalue weighted by Crippen LogP contribution is -2.46. The number of anilines is 2. The molecule has 1 heterocycles. The number of hydrogen-bond acceptors (Lipinski definition) is 6. The van der Waals surface area contributed by atoms with Crippen LogP contribution in [-0.4, -0.2) is 62.9 Å². The van der Waals surface area contributed by atoms with Crippen molar-refractivity contribution in [2.45, 2.75) is 6.92 Å². The van der Waals surface area contributed by atoms with Gasteiger partial charge in [0, 0.05) is 37.4 Å². The number of likely N-dealkylation sites (N-methyl/N-ethyl adjacent to an activating group) is 1. The van der Waals surface area contributed by atoms with E-state index in [-0.39, 0.29) is 11.0 Å². The minimum absolute atomic E-state index is 0.181. The lowest BCUT2D eigenvalue weighted by Gasteiger charge is -2.36. The normalized spacial score (nSPS) is 14.1. The molecule has 0 atom stereocenters. The molecule has 0 spiro atoms. The van der Waals surface area contributed by atoms with Gasteiger partial charge in [-0.3, -0.25) is 10.1 Å². The van der Waals surface area contributed by atoms with Crippen molar-refractivity contribution in [3.8, 4) is 11.5 Å². The molecule has 1 amide bonds. The summed E-state index contributed by atoms with van der Waals surface area (Å²) in [5, 5.41) is 6.50. The van der Waals surface area contributed by atoms with E-state index in [4.69, 9.17) is 33.3 Å². The molecule has 0 saturated carbocycles. The summed E-state index contributed by atoms with van der Waals surface area (Å²) in [7, 11) is 3.06. The van der Waals surface area contributed by atoms with Crippen molar-refractivity contribution in [2.24, 2.45) is 0 Å². The number of thiocarbonyl (C=S) groups is 1. The zero-order valence-corrected chi connectivity index (χ0v) is 19.5. The number of nitrogens with one attached hydrogen (secondary N) is 2. The van der Waals surface area contributed by atoms with E-state index >= 15 is 0 Å². The highest BCUT2D eigenvalue weighted by molar-refractivity contribution is 7.80. The second-order valence-electron chi connectivity index (χ2n) is 7.07. The highest BCUT2D eigenvalue weighted by atomic mass is 35.5. The van der Waals surface area contributed by atoms with Crippen molar-refractivity contribution >= 4 is 46.2 Å². The van der Waals surface area contributed by atoms with Gasteiger partial charge in [-0.15, -0.1) is 0 Å². The van der Waals surface area contributed by atoms with Gasteiger partial charge in [0.15, 0.2) is 16.6 Å². The molecule has 166 valence electrons. The third-order valence-corrected chi connectivity index (χ3v) is 5.75. The lowest BCUT2D eigenvalue weighted by molar-refractivity contribution is 0.0977. The van der Waals surface area contributed by atoms with Gasteiger partial charge in [0.05, 0.1) is 24.9 Å². The number of piperazine rings is 1. The van der Waals surface area contributed by atoms with Crippen molar-refractivity contribution in [3.05, 3.63) is 47.0 Å². The Bertz CT molecular complexity index is 948. The summed E-state index contributed by atoms with van der Waals surface area (Å²) >= 11 is 11.8. The molecular formula is C22H27ClN4O3S. The average Bonchev–Trinajstić information content (AvgIpc) is 2.78. The van der Waals surface area contributed by atoms with Crippen LogP contribution in [0.1, 0.15) is 17.3 Å². The molecule has 0 aliphatic carbocycles. The Morgan fingerprint density at radius 2 is 1.77 bits per heavy atom. The molecule has 1 saturated heterocycles. The first kappa shape index (κ1) is 23.1. The molecule has 3 rings (SSSR count). The number of carbonyl (C=O) groups is 1. The molecule has 2 aromatic carbocycles. The zero-order valence-electron chi connectivity index (χ0n) is 17.9. The summed E-state index contributed by atoms with van der Waals surface area (Å²) < 4.78 is 10.4. The first-order valence-electron chi connectivity index (χ1n) is 10.1. The highest BCUT2D eigenvalue weighted by Crippen LogP contribution is 2.30. The number of ether oxygens (including phenoxy) is 2. The van der Waals surface area contributed by atoms with Crippen LogP contribution in [0.3, 0.4) is 0 Å². The molecule has 9 heteroatoms. The van der Waals surface area contributed by atoms with Crippen LogP contribution in [0.15, 0.2) is 36.4 Å². The molecule has 0 radical (unpaired) electrons. The van der Waals surface area contributed by atoms with E-state index in [1.807, 2.05) is 18.2 Å². The number of carbonyl (C=O) groups excluding carboxylic acids is 1. The summed E-state index contributed by atoms with van der Waals surface area (Å²) in [5.41, 5.74) is 2.11. The largest absolute Gasteiger partial charge is 0.493 e. The first-order valence-corrected chi connectivity index (χ1v) is 10.8. The minimum Gasteiger partial charge on any atom is -0.493 e. The second-order valence-corrected chi connectivity index (χ2v) is 7.88. The van der Waals surface area contributed by atoms with Gasteiger partial charge >= 0.3 is 0 Å². The average molecular weight is 463 g/mol. The Balaban J connectivity index is 1.60. The monoisotopic (exact) mass is 462 g/mol. The molecule has 1 fully saturated rings. The molecule has 1 aliphatic heterocycles. The van der Waals surface area contributed by atoms with Crippen molar-refractivity contribution in [3.63, 3.8) is 0 Å². The van der Waals surface area contributed by atoms with Gasteiger partial charge in [-0.1, -0.05) is 18.5 Å². The fourth-order valence-corrected chi connectivity index (χ4v) is 3.97. The summed E-state index contributed by atoms with van der Waals surface area (Å²) in [5.74, 6) is 0.664. The van der Waals surface area contributed by atoms with Crippen LogP contribution in [0.25, 0.3) is 0 Å². The van der Waals surface area contributed by atoms with E-state index in [0.717, 1.165) is 38.4 Å². The van der Waals surface area contributed by atoms with Crippen molar-refractivity contribution in [1.29, 1.82) is 0 Å². The van der Waals surface area contributed by atoms with Gasteiger partial charge in [0.25, 0.3) is 5.91 Å². The van der Waals surface area contributed by atoms with Crippen LogP contribution in [0.2, 0.25) is 5.02 Å².